The van der Waals surface area contributed by atoms with Crippen molar-refractivity contribution in [2.24, 2.45) is 17.3 Å². The minimum atomic E-state index is -0.718. The molecule has 0 aliphatic carbocycles. The average Bonchev–Trinajstić information content (AvgIpc) is 2.83. The van der Waals surface area contributed by atoms with Gasteiger partial charge in [-0.05, 0) is 44.1 Å². The molecule has 214 valence electrons. The minimum absolute atomic E-state index is 0.0545. The summed E-state index contributed by atoms with van der Waals surface area (Å²) < 4.78 is 0. The Morgan fingerprint density at radius 3 is 1.87 bits per heavy atom. The van der Waals surface area contributed by atoms with Crippen molar-refractivity contribution in [2.75, 3.05) is 14.1 Å². The van der Waals surface area contributed by atoms with E-state index in [2.05, 4.69) is 31.3 Å². The standard InChI is InChI=1S/C32H53N3O3/c1-14-25(32(10,11)24-18-16-15-17-19-24)28(36)33-27(31(7,8)9)30(38)35(13)26(21(2)3)20-23(6)29(37)34(12)22(4)5/h15-22,25-27H,14H2,1-13H3,(H,33,36)/b23-20+/t25-,26-,27-/m1/s1. The molecule has 3 amide bonds. The number of nitrogens with one attached hydrogen (secondary N) is 1. The van der Waals surface area contributed by atoms with Crippen LogP contribution in [0.2, 0.25) is 0 Å². The van der Waals surface area contributed by atoms with Crippen molar-refractivity contribution in [3.8, 4) is 0 Å². The number of nitrogens with zero attached hydrogens (tertiary/aromatic N) is 2. The normalized spacial score (nSPS) is 15.2. The van der Waals surface area contributed by atoms with E-state index in [0.717, 1.165) is 5.56 Å². The Balaban J connectivity index is 3.32. The molecule has 0 unspecified atom stereocenters. The van der Waals surface area contributed by atoms with Crippen LogP contribution < -0.4 is 5.32 Å². The molecule has 3 atom stereocenters. The van der Waals surface area contributed by atoms with Gasteiger partial charge in [0, 0.05) is 37.0 Å². The third kappa shape index (κ3) is 8.18. The molecule has 0 aromatic heterocycles. The van der Waals surface area contributed by atoms with Gasteiger partial charge in [-0.2, -0.15) is 0 Å². The number of hydrogen-bond acceptors (Lipinski definition) is 3. The molecule has 6 nitrogen and oxygen atoms in total. The number of benzene rings is 1. The van der Waals surface area contributed by atoms with Crippen molar-refractivity contribution in [1.82, 2.24) is 15.1 Å². The van der Waals surface area contributed by atoms with Gasteiger partial charge in [-0.1, -0.05) is 91.8 Å². The van der Waals surface area contributed by atoms with Gasteiger partial charge in [0.05, 0.1) is 6.04 Å². The highest BCUT2D eigenvalue weighted by atomic mass is 16.2. The van der Waals surface area contributed by atoms with Gasteiger partial charge < -0.3 is 15.1 Å². The zero-order chi connectivity index (χ0) is 29.6. The van der Waals surface area contributed by atoms with Crippen LogP contribution in [0.3, 0.4) is 0 Å². The third-order valence-corrected chi connectivity index (χ3v) is 7.84. The van der Waals surface area contributed by atoms with Gasteiger partial charge in [0.25, 0.3) is 0 Å². The predicted molar refractivity (Wildman–Crippen MR) is 158 cm³/mol. The molecule has 0 spiro atoms. The number of hydrogen-bond donors (Lipinski definition) is 1. The molecule has 1 N–H and O–H groups in total. The first-order chi connectivity index (χ1) is 17.4. The zero-order valence-corrected chi connectivity index (χ0v) is 26.2. The van der Waals surface area contributed by atoms with Crippen LogP contribution in [0.1, 0.15) is 88.1 Å². The summed E-state index contributed by atoms with van der Waals surface area (Å²) in [5.41, 5.74) is 0.783. The van der Waals surface area contributed by atoms with E-state index in [1.54, 1.807) is 30.8 Å². The van der Waals surface area contributed by atoms with E-state index < -0.39 is 16.9 Å². The second-order valence-corrected chi connectivity index (χ2v) is 12.9. The summed E-state index contributed by atoms with van der Waals surface area (Å²) in [6.07, 6.45) is 2.54. The smallest absolute Gasteiger partial charge is 0.249 e. The van der Waals surface area contributed by atoms with Gasteiger partial charge in [-0.3, -0.25) is 14.4 Å². The topological polar surface area (TPSA) is 69.7 Å². The number of carbonyl (C=O) groups excluding carboxylic acids is 3. The van der Waals surface area contributed by atoms with Crippen molar-refractivity contribution >= 4 is 17.7 Å². The highest BCUT2D eigenvalue weighted by Gasteiger charge is 2.41. The number of carbonyl (C=O) groups is 3. The molecule has 0 radical (unpaired) electrons. The Labute approximate surface area is 232 Å². The lowest BCUT2D eigenvalue weighted by atomic mass is 9.71. The molecule has 1 aromatic rings. The average molecular weight is 528 g/mol. The van der Waals surface area contributed by atoms with E-state index in [1.165, 1.54) is 0 Å². The molecule has 6 heteroatoms. The Morgan fingerprint density at radius 2 is 1.45 bits per heavy atom. The third-order valence-electron chi connectivity index (χ3n) is 7.84. The minimum Gasteiger partial charge on any atom is -0.344 e. The Morgan fingerprint density at radius 1 is 0.921 bits per heavy atom. The summed E-state index contributed by atoms with van der Waals surface area (Å²) in [7, 11) is 3.55. The lowest BCUT2D eigenvalue weighted by Gasteiger charge is -2.40. The van der Waals surface area contributed by atoms with Crippen molar-refractivity contribution in [3.05, 3.63) is 47.5 Å². The lowest BCUT2D eigenvalue weighted by molar-refractivity contribution is -0.141. The van der Waals surface area contributed by atoms with Crippen LogP contribution in [0.15, 0.2) is 42.0 Å². The van der Waals surface area contributed by atoms with E-state index in [0.29, 0.717) is 12.0 Å². The Hall–Kier alpha value is -2.63. The molecular formula is C32H53N3O3. The van der Waals surface area contributed by atoms with Crippen molar-refractivity contribution in [1.29, 1.82) is 0 Å². The van der Waals surface area contributed by atoms with Crippen LogP contribution >= 0.6 is 0 Å². The van der Waals surface area contributed by atoms with Gasteiger partial charge in [0.2, 0.25) is 17.7 Å². The van der Waals surface area contributed by atoms with Crippen molar-refractivity contribution in [3.63, 3.8) is 0 Å². The Kier molecular flexibility index (Phi) is 11.8. The molecule has 0 aliphatic rings. The first-order valence-electron chi connectivity index (χ1n) is 14.0. The zero-order valence-electron chi connectivity index (χ0n) is 26.2. The molecule has 0 fully saturated rings. The molecule has 1 rings (SSSR count). The second kappa shape index (κ2) is 13.4. The van der Waals surface area contributed by atoms with Crippen LogP contribution in [0, 0.1) is 17.3 Å². The summed E-state index contributed by atoms with van der Waals surface area (Å²) in [6.45, 7) is 21.9. The molecule has 0 aliphatic heterocycles. The Bertz CT molecular complexity index is 973. The molecule has 38 heavy (non-hydrogen) atoms. The van der Waals surface area contributed by atoms with Crippen LogP contribution in [-0.4, -0.2) is 59.7 Å². The number of amides is 3. The molecule has 0 heterocycles. The monoisotopic (exact) mass is 527 g/mol. The molecule has 0 bridgehead atoms. The van der Waals surface area contributed by atoms with E-state index in [4.69, 9.17) is 0 Å². The quantitative estimate of drug-likeness (QED) is 0.369. The number of rotatable bonds is 11. The van der Waals surface area contributed by atoms with E-state index in [1.807, 2.05) is 79.7 Å². The maximum absolute atomic E-state index is 14.0. The summed E-state index contributed by atoms with van der Waals surface area (Å²) in [5.74, 6) is -0.566. The van der Waals surface area contributed by atoms with Gasteiger partial charge in [0.1, 0.15) is 6.04 Å². The van der Waals surface area contributed by atoms with Crippen LogP contribution in [0.25, 0.3) is 0 Å². The van der Waals surface area contributed by atoms with E-state index in [9.17, 15) is 14.4 Å². The molecule has 0 saturated carbocycles. The van der Waals surface area contributed by atoms with Crippen LogP contribution in [0.4, 0.5) is 0 Å². The fourth-order valence-corrected chi connectivity index (χ4v) is 4.93. The molecule has 1 aromatic carbocycles. The largest absolute Gasteiger partial charge is 0.344 e. The predicted octanol–water partition coefficient (Wildman–Crippen LogP) is 5.82. The van der Waals surface area contributed by atoms with Gasteiger partial charge >= 0.3 is 0 Å². The summed E-state index contributed by atoms with van der Waals surface area (Å²) >= 11 is 0. The second-order valence-electron chi connectivity index (χ2n) is 12.9. The van der Waals surface area contributed by atoms with Gasteiger partial charge in [0.15, 0.2) is 0 Å². The van der Waals surface area contributed by atoms with E-state index >= 15 is 0 Å². The van der Waals surface area contributed by atoms with Crippen molar-refractivity contribution in [2.45, 2.75) is 106 Å². The van der Waals surface area contributed by atoms with Crippen molar-refractivity contribution < 1.29 is 14.4 Å². The van der Waals surface area contributed by atoms with Gasteiger partial charge in [-0.15, -0.1) is 0 Å². The summed E-state index contributed by atoms with van der Waals surface area (Å²) in [6, 6.07) is 9.12. The fourth-order valence-electron chi connectivity index (χ4n) is 4.93. The number of likely N-dealkylation sites (N-methyl/N-ethyl adjacent to an activating group) is 2. The molecular weight excluding hydrogens is 474 g/mol. The highest BCUT2D eigenvalue weighted by Crippen LogP contribution is 2.35. The van der Waals surface area contributed by atoms with Gasteiger partial charge in [-0.25, -0.2) is 0 Å². The first-order valence-corrected chi connectivity index (χ1v) is 14.0. The highest BCUT2D eigenvalue weighted by molar-refractivity contribution is 5.93. The summed E-state index contributed by atoms with van der Waals surface area (Å²) in [5, 5.41) is 3.14. The van der Waals surface area contributed by atoms with E-state index in [-0.39, 0.29) is 41.6 Å². The SMILES string of the molecule is CC[C@H](C(=O)N[C@H](C(=O)N(C)[C@H](/C=C(\C)C(=O)N(C)C(C)C)C(C)C)C(C)(C)C)C(C)(C)c1ccccc1. The maximum atomic E-state index is 14.0. The maximum Gasteiger partial charge on any atom is 0.249 e. The van der Waals surface area contributed by atoms with Crippen LogP contribution in [-0.2, 0) is 19.8 Å². The fraction of sp³-hybridized carbons (Fsp3) is 0.656. The first kappa shape index (κ1) is 33.4. The molecule has 0 saturated heterocycles. The lowest BCUT2D eigenvalue weighted by Crippen LogP contribution is -2.58. The summed E-state index contributed by atoms with van der Waals surface area (Å²) in [4.78, 5) is 44.0. The van der Waals surface area contributed by atoms with Crippen LogP contribution in [0.5, 0.6) is 0 Å².